The van der Waals surface area contributed by atoms with Gasteiger partial charge in [0.1, 0.15) is 0 Å². The van der Waals surface area contributed by atoms with Gasteiger partial charge in [0, 0.05) is 26.2 Å². The Morgan fingerprint density at radius 1 is 1.00 bits per heavy atom. The fourth-order valence-corrected chi connectivity index (χ4v) is 5.41. The van der Waals surface area contributed by atoms with Gasteiger partial charge in [0.05, 0.1) is 30.1 Å². The lowest BCUT2D eigenvalue weighted by Crippen LogP contribution is -2.55. The predicted molar refractivity (Wildman–Crippen MR) is 98.3 cm³/mol. The van der Waals surface area contributed by atoms with E-state index >= 15 is 0 Å². The third-order valence-corrected chi connectivity index (χ3v) is 7.36. The van der Waals surface area contributed by atoms with Gasteiger partial charge >= 0.3 is 5.97 Å². The zero-order valence-corrected chi connectivity index (χ0v) is 16.6. The van der Waals surface area contributed by atoms with Crippen LogP contribution in [0.3, 0.4) is 0 Å². The molecule has 1 atom stereocenters. The fraction of sp³-hybridized carbons (Fsp3) is 0.944. The number of carbonyl (C=O) groups is 1. The van der Waals surface area contributed by atoms with Crippen molar-refractivity contribution in [3.05, 3.63) is 0 Å². The molecule has 0 N–H and O–H groups in total. The van der Waals surface area contributed by atoms with Crippen molar-refractivity contribution in [2.24, 2.45) is 5.92 Å². The Bertz CT molecular complexity index is 554. The highest BCUT2D eigenvalue weighted by molar-refractivity contribution is 7.91. The SMILES string of the molecule is CCOC(=O)C1CCC(OC(N2CCCC2)N2CCS(=O)(=O)CC2)CC1. The van der Waals surface area contributed by atoms with Gasteiger partial charge in [-0.15, -0.1) is 0 Å². The smallest absolute Gasteiger partial charge is 0.308 e. The highest BCUT2D eigenvalue weighted by Gasteiger charge is 2.36. The van der Waals surface area contributed by atoms with Crippen LogP contribution in [0.15, 0.2) is 0 Å². The predicted octanol–water partition coefficient (Wildman–Crippen LogP) is 1.23. The third kappa shape index (κ3) is 5.18. The molecule has 1 saturated carbocycles. The number of ether oxygens (including phenoxy) is 2. The molecule has 8 heteroatoms. The molecule has 0 radical (unpaired) electrons. The second-order valence-electron chi connectivity index (χ2n) is 7.62. The largest absolute Gasteiger partial charge is 0.466 e. The van der Waals surface area contributed by atoms with Gasteiger partial charge in [-0.3, -0.25) is 14.6 Å². The van der Waals surface area contributed by atoms with Crippen molar-refractivity contribution < 1.29 is 22.7 Å². The second kappa shape index (κ2) is 8.99. The quantitative estimate of drug-likeness (QED) is 0.634. The van der Waals surface area contributed by atoms with E-state index in [0.717, 1.165) is 38.8 Å². The van der Waals surface area contributed by atoms with Crippen LogP contribution in [0.25, 0.3) is 0 Å². The molecule has 2 saturated heterocycles. The third-order valence-electron chi connectivity index (χ3n) is 5.75. The summed E-state index contributed by atoms with van der Waals surface area (Å²) in [5, 5.41) is 0. The molecule has 2 heterocycles. The summed E-state index contributed by atoms with van der Waals surface area (Å²) in [4.78, 5) is 16.4. The number of hydrogen-bond donors (Lipinski definition) is 0. The number of sulfone groups is 1. The molecule has 2 aliphatic heterocycles. The van der Waals surface area contributed by atoms with Crippen LogP contribution in [0.2, 0.25) is 0 Å². The number of rotatable bonds is 6. The van der Waals surface area contributed by atoms with Crippen LogP contribution in [-0.2, 0) is 24.1 Å². The van der Waals surface area contributed by atoms with Crippen LogP contribution in [0.4, 0.5) is 0 Å². The molecule has 0 aromatic carbocycles. The fourth-order valence-electron chi connectivity index (χ4n) is 4.18. The highest BCUT2D eigenvalue weighted by atomic mass is 32.2. The van der Waals surface area contributed by atoms with Crippen molar-refractivity contribution in [3.63, 3.8) is 0 Å². The van der Waals surface area contributed by atoms with E-state index in [9.17, 15) is 13.2 Å². The second-order valence-corrected chi connectivity index (χ2v) is 9.92. The van der Waals surface area contributed by atoms with Crippen molar-refractivity contribution >= 4 is 15.8 Å². The standard InChI is InChI=1S/C18H32N2O5S/c1-2-24-17(21)15-5-7-16(8-6-15)25-18(19-9-3-4-10-19)20-11-13-26(22,23)14-12-20/h15-16,18H,2-14H2,1H3. The summed E-state index contributed by atoms with van der Waals surface area (Å²) in [6.07, 6.45) is 5.68. The number of esters is 1. The van der Waals surface area contributed by atoms with Crippen molar-refractivity contribution in [3.8, 4) is 0 Å². The minimum Gasteiger partial charge on any atom is -0.466 e. The summed E-state index contributed by atoms with van der Waals surface area (Å²) >= 11 is 0. The maximum Gasteiger partial charge on any atom is 0.308 e. The van der Waals surface area contributed by atoms with E-state index in [1.807, 2.05) is 6.92 Å². The lowest BCUT2D eigenvalue weighted by molar-refractivity contribution is -0.183. The van der Waals surface area contributed by atoms with Gasteiger partial charge in [-0.1, -0.05) is 0 Å². The van der Waals surface area contributed by atoms with Crippen LogP contribution in [0, 0.1) is 5.92 Å². The zero-order chi connectivity index (χ0) is 18.6. The molecule has 26 heavy (non-hydrogen) atoms. The lowest BCUT2D eigenvalue weighted by atomic mass is 9.87. The maximum absolute atomic E-state index is 11.9. The molecule has 3 fully saturated rings. The Labute approximate surface area is 156 Å². The van der Waals surface area contributed by atoms with E-state index in [0.29, 0.717) is 19.7 Å². The number of likely N-dealkylation sites (tertiary alicyclic amines) is 1. The average molecular weight is 389 g/mol. The van der Waals surface area contributed by atoms with Crippen LogP contribution >= 0.6 is 0 Å². The summed E-state index contributed by atoms with van der Waals surface area (Å²) in [7, 11) is -2.90. The molecule has 0 spiro atoms. The molecular formula is C18H32N2O5S. The monoisotopic (exact) mass is 388 g/mol. The molecular weight excluding hydrogens is 356 g/mol. The topological polar surface area (TPSA) is 76.2 Å². The van der Waals surface area contributed by atoms with Crippen molar-refractivity contribution in [2.45, 2.75) is 57.9 Å². The van der Waals surface area contributed by atoms with E-state index in [4.69, 9.17) is 9.47 Å². The number of nitrogens with zero attached hydrogens (tertiary/aromatic N) is 2. The summed E-state index contributed by atoms with van der Waals surface area (Å²) in [5.41, 5.74) is 0. The van der Waals surface area contributed by atoms with Gasteiger partial charge in [-0.2, -0.15) is 0 Å². The number of hydrogen-bond acceptors (Lipinski definition) is 7. The van der Waals surface area contributed by atoms with Crippen molar-refractivity contribution in [2.75, 3.05) is 44.3 Å². The van der Waals surface area contributed by atoms with Crippen LogP contribution in [0.5, 0.6) is 0 Å². The Morgan fingerprint density at radius 2 is 1.58 bits per heavy atom. The van der Waals surface area contributed by atoms with Gasteiger partial charge in [-0.05, 0) is 45.4 Å². The van der Waals surface area contributed by atoms with Crippen LogP contribution in [-0.4, -0.2) is 80.9 Å². The minimum absolute atomic E-state index is 0.000154. The Hall–Kier alpha value is -0.700. The zero-order valence-electron chi connectivity index (χ0n) is 15.8. The van der Waals surface area contributed by atoms with Gasteiger partial charge in [0.25, 0.3) is 0 Å². The summed E-state index contributed by atoms with van der Waals surface area (Å²) in [6.45, 7) is 5.37. The molecule has 1 unspecified atom stereocenters. The van der Waals surface area contributed by atoms with Crippen LogP contribution < -0.4 is 0 Å². The van der Waals surface area contributed by atoms with E-state index in [-0.39, 0.29) is 35.8 Å². The summed E-state index contributed by atoms with van der Waals surface area (Å²) < 4.78 is 35.1. The lowest BCUT2D eigenvalue weighted by Gasteiger charge is -2.41. The van der Waals surface area contributed by atoms with Gasteiger partial charge in [0.15, 0.2) is 16.2 Å². The van der Waals surface area contributed by atoms with E-state index < -0.39 is 9.84 Å². The highest BCUT2D eigenvalue weighted by Crippen LogP contribution is 2.30. The van der Waals surface area contributed by atoms with E-state index in [1.165, 1.54) is 12.8 Å². The Balaban J connectivity index is 1.56. The molecule has 0 amide bonds. The van der Waals surface area contributed by atoms with Crippen molar-refractivity contribution in [1.29, 1.82) is 0 Å². The maximum atomic E-state index is 11.9. The molecule has 7 nitrogen and oxygen atoms in total. The average Bonchev–Trinajstić information content (AvgIpc) is 3.15. The first-order chi connectivity index (χ1) is 12.5. The number of carbonyl (C=O) groups excluding carboxylic acids is 1. The minimum atomic E-state index is -2.90. The first kappa shape index (κ1) is 20.0. The van der Waals surface area contributed by atoms with E-state index in [2.05, 4.69) is 9.80 Å². The first-order valence-corrected chi connectivity index (χ1v) is 11.8. The normalized spacial score (nSPS) is 31.6. The molecule has 3 aliphatic rings. The first-order valence-electron chi connectivity index (χ1n) is 9.99. The van der Waals surface area contributed by atoms with E-state index in [1.54, 1.807) is 0 Å². The Kier molecular flexibility index (Phi) is 6.93. The molecule has 0 aromatic rings. The molecule has 0 aromatic heterocycles. The molecule has 3 rings (SSSR count). The van der Waals surface area contributed by atoms with Crippen molar-refractivity contribution in [1.82, 2.24) is 9.80 Å². The summed E-state index contributed by atoms with van der Waals surface area (Å²) in [6, 6.07) is 0. The van der Waals surface area contributed by atoms with Gasteiger partial charge < -0.3 is 9.47 Å². The molecule has 150 valence electrons. The molecule has 1 aliphatic carbocycles. The van der Waals surface area contributed by atoms with Gasteiger partial charge in [0.2, 0.25) is 0 Å². The molecule has 0 bridgehead atoms. The van der Waals surface area contributed by atoms with Crippen LogP contribution in [0.1, 0.15) is 45.4 Å². The Morgan fingerprint density at radius 3 is 2.15 bits per heavy atom. The van der Waals surface area contributed by atoms with Gasteiger partial charge in [-0.25, -0.2) is 8.42 Å². The summed E-state index contributed by atoms with van der Waals surface area (Å²) in [5.74, 6) is 0.357.